The molecule has 1 aromatic heterocycles. The number of ether oxygens (including phenoxy) is 1. The molecule has 1 N–H and O–H groups in total. The summed E-state index contributed by atoms with van der Waals surface area (Å²) >= 11 is 5.98. The van der Waals surface area contributed by atoms with E-state index in [1.807, 2.05) is 6.07 Å². The summed E-state index contributed by atoms with van der Waals surface area (Å²) in [6.45, 7) is 0. The summed E-state index contributed by atoms with van der Waals surface area (Å²) in [6.07, 6.45) is 10.3. The number of rotatable bonds is 2. The Morgan fingerprint density at radius 2 is 1.85 bits per heavy atom. The Morgan fingerprint density at radius 1 is 1.00 bits per heavy atom. The van der Waals surface area contributed by atoms with Crippen LogP contribution in [0.4, 0.5) is 10.5 Å². The van der Waals surface area contributed by atoms with E-state index >= 15 is 0 Å². The Bertz CT molecular complexity index is 1340. The summed E-state index contributed by atoms with van der Waals surface area (Å²) in [5.41, 5.74) is 5.10. The van der Waals surface area contributed by atoms with Crippen LogP contribution in [0.1, 0.15) is 61.6 Å². The van der Waals surface area contributed by atoms with Crippen molar-refractivity contribution in [2.45, 2.75) is 69.8 Å². The fraction of sp³-hybridized carbons (Fsp3) is 0.407. The van der Waals surface area contributed by atoms with Gasteiger partial charge < -0.3 is 9.15 Å². The third-order valence-electron chi connectivity index (χ3n) is 7.39. The number of nitrogens with one attached hydrogen (secondary N) is 1. The van der Waals surface area contributed by atoms with Gasteiger partial charge in [-0.3, -0.25) is 10.2 Å². The maximum Gasteiger partial charge on any atom is 0.437 e. The van der Waals surface area contributed by atoms with E-state index in [-0.39, 0.29) is 5.60 Å². The Balaban J connectivity index is 1.32. The van der Waals surface area contributed by atoms with E-state index in [0.717, 1.165) is 67.2 Å². The van der Waals surface area contributed by atoms with Crippen molar-refractivity contribution in [3.8, 4) is 5.75 Å². The van der Waals surface area contributed by atoms with Crippen molar-refractivity contribution in [3.05, 3.63) is 63.7 Å². The van der Waals surface area contributed by atoms with Crippen molar-refractivity contribution in [2.75, 3.05) is 5.32 Å². The second-order valence-corrected chi connectivity index (χ2v) is 10.1. The highest BCUT2D eigenvalue weighted by Crippen LogP contribution is 2.43. The molecule has 0 radical (unpaired) electrons. The predicted octanol–water partition coefficient (Wildman–Crippen LogP) is 6.67. The maximum absolute atomic E-state index is 12.3. The van der Waals surface area contributed by atoms with E-state index in [1.54, 1.807) is 24.3 Å². The summed E-state index contributed by atoms with van der Waals surface area (Å²) in [6, 6.07) is 11.1. The number of aryl methyl sites for hydroxylation is 2. The lowest BCUT2D eigenvalue weighted by Gasteiger charge is -2.41. The number of carbonyl (C=O) groups is 1. The summed E-state index contributed by atoms with van der Waals surface area (Å²) in [4.78, 5) is 17.4. The number of amides is 1. The molecule has 2 aliphatic carbocycles. The van der Waals surface area contributed by atoms with Gasteiger partial charge in [-0.15, -0.1) is 0 Å². The van der Waals surface area contributed by atoms with E-state index < -0.39 is 6.09 Å². The first-order chi connectivity index (χ1) is 16.6. The monoisotopic (exact) mass is 478 g/mol. The van der Waals surface area contributed by atoms with Crippen molar-refractivity contribution < 1.29 is 18.8 Å². The van der Waals surface area contributed by atoms with E-state index in [0.29, 0.717) is 16.3 Å². The topological polar surface area (TPSA) is 73.1 Å². The van der Waals surface area contributed by atoms with Crippen LogP contribution >= 0.6 is 11.6 Å². The molecule has 0 atom stereocenters. The second-order valence-electron chi connectivity index (χ2n) is 9.63. The lowest BCUT2D eigenvalue weighted by Crippen LogP contribution is -2.41. The van der Waals surface area contributed by atoms with Gasteiger partial charge in [0.25, 0.3) is 5.55 Å². The third-order valence-corrected chi connectivity index (χ3v) is 7.63. The van der Waals surface area contributed by atoms with Gasteiger partial charge in [-0.25, -0.2) is 4.79 Å². The van der Waals surface area contributed by atoms with E-state index in [2.05, 4.69) is 16.5 Å². The molecule has 3 aromatic rings. The normalized spacial score (nSPS) is 18.9. The zero-order valence-corrected chi connectivity index (χ0v) is 19.7. The van der Waals surface area contributed by atoms with Crippen LogP contribution in [-0.2, 0) is 24.1 Å². The fourth-order valence-corrected chi connectivity index (χ4v) is 5.91. The third kappa shape index (κ3) is 4.05. The lowest BCUT2D eigenvalue weighted by atomic mass is 9.79. The Kier molecular flexibility index (Phi) is 5.48. The number of anilines is 1. The van der Waals surface area contributed by atoms with Gasteiger partial charge in [0.15, 0.2) is 0 Å². The van der Waals surface area contributed by atoms with Crippen molar-refractivity contribution in [2.24, 2.45) is 5.16 Å². The highest BCUT2D eigenvalue weighted by molar-refractivity contribution is 6.30. The number of hydrogen-bond acceptors (Lipinski definition) is 5. The molecule has 6 rings (SSSR count). The summed E-state index contributed by atoms with van der Waals surface area (Å²) in [7, 11) is 0. The molecule has 34 heavy (non-hydrogen) atoms. The van der Waals surface area contributed by atoms with E-state index in [9.17, 15) is 4.79 Å². The molecule has 0 saturated heterocycles. The van der Waals surface area contributed by atoms with Crippen molar-refractivity contribution in [1.29, 1.82) is 0 Å². The number of nitrogens with zero attached hydrogens (tertiary/aromatic N) is 1. The molecule has 1 spiro atoms. The van der Waals surface area contributed by atoms with Crippen molar-refractivity contribution in [1.82, 2.24) is 0 Å². The zero-order chi connectivity index (χ0) is 23.1. The van der Waals surface area contributed by atoms with Crippen LogP contribution in [0.2, 0.25) is 5.02 Å². The molecule has 7 heteroatoms. The Labute approximate surface area is 202 Å². The maximum atomic E-state index is 12.3. The summed E-state index contributed by atoms with van der Waals surface area (Å²) in [5, 5.41) is 8.37. The van der Waals surface area contributed by atoms with E-state index in [1.165, 1.54) is 30.4 Å². The highest BCUT2D eigenvalue weighted by atomic mass is 35.5. The molecule has 3 aliphatic rings. The molecule has 1 fully saturated rings. The largest absolute Gasteiger partial charge is 0.487 e. The van der Waals surface area contributed by atoms with Gasteiger partial charge in [0.05, 0.1) is 0 Å². The smallest absolute Gasteiger partial charge is 0.437 e. The van der Waals surface area contributed by atoms with E-state index in [4.69, 9.17) is 25.6 Å². The first kappa shape index (κ1) is 21.5. The molecule has 176 valence electrons. The Hall–Kier alpha value is -2.99. The zero-order valence-electron chi connectivity index (χ0n) is 19.0. The second kappa shape index (κ2) is 8.66. The minimum Gasteiger partial charge on any atom is -0.487 e. The number of halogens is 1. The molecule has 2 aromatic carbocycles. The van der Waals surface area contributed by atoms with Gasteiger partial charge in [0.2, 0.25) is 0 Å². The molecule has 0 bridgehead atoms. The van der Waals surface area contributed by atoms with Crippen LogP contribution in [0, 0.1) is 0 Å². The van der Waals surface area contributed by atoms with Gasteiger partial charge in [-0.1, -0.05) is 24.1 Å². The summed E-state index contributed by atoms with van der Waals surface area (Å²) in [5.74, 6) is 0.924. The average molecular weight is 479 g/mol. The van der Waals surface area contributed by atoms with Crippen LogP contribution in [-0.4, -0.2) is 11.7 Å². The SMILES string of the molecule is O=C(Nc1cccc(Cl)c1)O/N=c1\oc2cc3c(cc2c2c1CCC2)CCC1(CCCCC1)O3. The first-order valence-corrected chi connectivity index (χ1v) is 12.5. The van der Waals surface area contributed by atoms with Crippen LogP contribution in [0.3, 0.4) is 0 Å². The molecule has 1 aliphatic heterocycles. The summed E-state index contributed by atoms with van der Waals surface area (Å²) < 4.78 is 12.8. The molecule has 6 nitrogen and oxygen atoms in total. The van der Waals surface area contributed by atoms with Crippen molar-refractivity contribution >= 4 is 34.4 Å². The predicted molar refractivity (Wildman–Crippen MR) is 130 cm³/mol. The Morgan fingerprint density at radius 3 is 2.71 bits per heavy atom. The lowest BCUT2D eigenvalue weighted by molar-refractivity contribution is 0.0109. The average Bonchev–Trinajstić information content (AvgIpc) is 3.32. The molecular weight excluding hydrogens is 452 g/mol. The van der Waals surface area contributed by atoms with Crippen LogP contribution in [0.15, 0.2) is 46.0 Å². The van der Waals surface area contributed by atoms with Gasteiger partial charge in [0, 0.05) is 27.7 Å². The minimum absolute atomic E-state index is 0.0234. The molecule has 1 amide bonds. The van der Waals surface area contributed by atoms with Gasteiger partial charge in [-0.05, 0) is 98.3 Å². The van der Waals surface area contributed by atoms with Gasteiger partial charge >= 0.3 is 6.09 Å². The molecule has 1 saturated carbocycles. The standard InChI is InChI=1S/C27H27ClN2O4/c28-18-6-4-7-19(15-18)29-26(31)34-30-25-21-9-5-8-20(21)22-14-17-10-13-27(11-2-1-3-12-27)33-23(17)16-24(22)32-25/h4,6-7,14-16H,1-3,5,8-13H2,(H,29,31)/b30-25-. The fourth-order valence-electron chi connectivity index (χ4n) is 5.72. The van der Waals surface area contributed by atoms with Crippen LogP contribution in [0.5, 0.6) is 5.75 Å². The number of fused-ring (bicyclic) bond motifs is 4. The highest BCUT2D eigenvalue weighted by Gasteiger charge is 2.37. The minimum atomic E-state index is -0.697. The quantitative estimate of drug-likeness (QED) is 0.330. The van der Waals surface area contributed by atoms with Crippen LogP contribution < -0.4 is 15.6 Å². The number of carbonyl (C=O) groups excluding carboxylic acids is 1. The van der Waals surface area contributed by atoms with Crippen LogP contribution in [0.25, 0.3) is 11.0 Å². The first-order valence-electron chi connectivity index (χ1n) is 12.2. The number of benzene rings is 2. The van der Waals surface area contributed by atoms with Gasteiger partial charge in [0.1, 0.15) is 16.9 Å². The van der Waals surface area contributed by atoms with Gasteiger partial charge in [-0.2, -0.15) is 0 Å². The molecule has 0 unspecified atom stereocenters. The molecular formula is C27H27ClN2O4. The molecule has 2 heterocycles. The van der Waals surface area contributed by atoms with Crippen molar-refractivity contribution in [3.63, 3.8) is 0 Å². The number of hydrogen-bond donors (Lipinski definition) is 1.